The third kappa shape index (κ3) is 2.35. The van der Waals surface area contributed by atoms with Crippen molar-refractivity contribution in [2.24, 2.45) is 11.0 Å². The number of rotatable bonds is 2. The Morgan fingerprint density at radius 3 is 2.71 bits per heavy atom. The average Bonchev–Trinajstić information content (AvgIpc) is 3.01. The van der Waals surface area contributed by atoms with E-state index in [4.69, 9.17) is 0 Å². The summed E-state index contributed by atoms with van der Waals surface area (Å²) >= 11 is 3.38. The molecule has 1 saturated heterocycles. The Bertz CT molecular complexity index is 869. The lowest BCUT2D eigenvalue weighted by atomic mass is 9.91. The van der Waals surface area contributed by atoms with E-state index in [0.717, 1.165) is 15.6 Å². The summed E-state index contributed by atoms with van der Waals surface area (Å²) in [6.45, 7) is 0. The molecule has 4 nitrogen and oxygen atoms in total. The summed E-state index contributed by atoms with van der Waals surface area (Å²) in [4.78, 5) is 12.9. The molecule has 0 bridgehead atoms. The van der Waals surface area contributed by atoms with Crippen molar-refractivity contribution >= 4 is 27.9 Å². The van der Waals surface area contributed by atoms with Crippen molar-refractivity contribution in [2.45, 2.75) is 18.5 Å². The summed E-state index contributed by atoms with van der Waals surface area (Å²) in [7, 11) is 0. The molecule has 2 heterocycles. The van der Waals surface area contributed by atoms with Crippen molar-refractivity contribution in [3.05, 3.63) is 69.7 Å². The molecule has 0 amide bonds. The minimum Gasteiger partial charge on any atom is -0.292 e. The van der Waals surface area contributed by atoms with Crippen LogP contribution in [0.1, 0.15) is 33.9 Å². The molecule has 0 aliphatic carbocycles. The molecular weight excluding hydrogens is 366 g/mol. The lowest BCUT2D eigenvalue weighted by molar-refractivity contribution is 0.0834. The molecule has 2 aromatic rings. The molecule has 0 saturated carbocycles. The zero-order chi connectivity index (χ0) is 16.7. The molecule has 3 atom stereocenters. The molecule has 5 heteroatoms. The molecule has 4 rings (SSSR count). The van der Waals surface area contributed by atoms with Crippen LogP contribution in [0.3, 0.4) is 0 Å². The molecule has 0 N–H and O–H groups in total. The molecular formula is C19H14BrN3O. The van der Waals surface area contributed by atoms with Crippen LogP contribution in [-0.4, -0.2) is 23.0 Å². The van der Waals surface area contributed by atoms with E-state index in [1.807, 2.05) is 53.5 Å². The van der Waals surface area contributed by atoms with Crippen LogP contribution in [0, 0.1) is 17.2 Å². The maximum Gasteiger partial charge on any atom is 0.186 e. The van der Waals surface area contributed by atoms with Crippen molar-refractivity contribution in [1.29, 1.82) is 5.26 Å². The Morgan fingerprint density at radius 2 is 1.96 bits per heavy atom. The monoisotopic (exact) mass is 379 g/mol. The number of ketones is 1. The van der Waals surface area contributed by atoms with Gasteiger partial charge < -0.3 is 0 Å². The Labute approximate surface area is 148 Å². The number of nitriles is 1. The molecule has 0 unspecified atom stereocenters. The summed E-state index contributed by atoms with van der Waals surface area (Å²) in [5.74, 6) is -0.227. The summed E-state index contributed by atoms with van der Waals surface area (Å²) in [5.41, 5.74) is 2.75. The SMILES string of the molecule is N#C[C@@H]1C[C@@H](C(=O)c2ccc(Br)cc2)N2N=Cc3ccccc3[C@@H]12. The minimum absolute atomic E-state index is 0.0155. The Morgan fingerprint density at radius 1 is 1.21 bits per heavy atom. The Hall–Kier alpha value is -2.45. The van der Waals surface area contributed by atoms with Crippen LogP contribution in [0.15, 0.2) is 58.1 Å². The minimum atomic E-state index is -0.398. The molecule has 118 valence electrons. The largest absolute Gasteiger partial charge is 0.292 e. The standard InChI is InChI=1S/C19H14BrN3O/c20-15-7-5-12(6-8-15)19(24)17-9-14(10-21)18-16-4-2-1-3-13(16)11-22-23(17)18/h1-8,11,14,17-18H,9H2/t14-,17-,18+/m0/s1. The van der Waals surface area contributed by atoms with Gasteiger partial charge in [-0.1, -0.05) is 52.3 Å². The van der Waals surface area contributed by atoms with Gasteiger partial charge in [-0.3, -0.25) is 9.80 Å². The van der Waals surface area contributed by atoms with Gasteiger partial charge in [0.05, 0.1) is 24.2 Å². The van der Waals surface area contributed by atoms with E-state index in [1.54, 1.807) is 6.21 Å². The highest BCUT2D eigenvalue weighted by Gasteiger charge is 2.47. The normalized spacial score (nSPS) is 24.2. The average molecular weight is 380 g/mol. The number of fused-ring (bicyclic) bond motifs is 3. The van der Waals surface area contributed by atoms with Crippen molar-refractivity contribution in [2.75, 3.05) is 0 Å². The van der Waals surface area contributed by atoms with Crippen molar-refractivity contribution < 1.29 is 4.79 Å². The number of nitrogens with zero attached hydrogens (tertiary/aromatic N) is 3. The quantitative estimate of drug-likeness (QED) is 0.742. The van der Waals surface area contributed by atoms with E-state index in [0.29, 0.717) is 12.0 Å². The molecule has 2 aliphatic rings. The van der Waals surface area contributed by atoms with Crippen molar-refractivity contribution in [3.63, 3.8) is 0 Å². The molecule has 0 radical (unpaired) electrons. The predicted molar refractivity (Wildman–Crippen MR) is 94.6 cm³/mol. The lowest BCUT2D eigenvalue weighted by Gasteiger charge is -2.31. The summed E-state index contributed by atoms with van der Waals surface area (Å²) < 4.78 is 0.933. The first-order chi connectivity index (χ1) is 11.7. The molecule has 0 spiro atoms. The second kappa shape index (κ2) is 5.88. The zero-order valence-electron chi connectivity index (χ0n) is 12.8. The number of Topliss-reactive ketones (excluding diaryl/α,β-unsaturated/α-hetero) is 1. The highest BCUT2D eigenvalue weighted by molar-refractivity contribution is 9.10. The van der Waals surface area contributed by atoms with E-state index in [-0.39, 0.29) is 17.7 Å². The molecule has 2 aromatic carbocycles. The van der Waals surface area contributed by atoms with Gasteiger partial charge in [-0.05, 0) is 29.7 Å². The van der Waals surface area contributed by atoms with Gasteiger partial charge in [0.1, 0.15) is 6.04 Å². The molecule has 1 fully saturated rings. The van der Waals surface area contributed by atoms with E-state index < -0.39 is 6.04 Å². The van der Waals surface area contributed by atoms with Crippen LogP contribution < -0.4 is 0 Å². The highest BCUT2D eigenvalue weighted by Crippen LogP contribution is 2.44. The summed E-state index contributed by atoms with van der Waals surface area (Å²) in [6.07, 6.45) is 2.29. The van der Waals surface area contributed by atoms with Crippen LogP contribution in [0.4, 0.5) is 0 Å². The fourth-order valence-electron chi connectivity index (χ4n) is 3.55. The number of carbonyl (C=O) groups excluding carboxylic acids is 1. The topological polar surface area (TPSA) is 56.5 Å². The number of halogens is 1. The summed E-state index contributed by atoms with van der Waals surface area (Å²) in [5, 5.41) is 15.9. The maximum atomic E-state index is 12.9. The van der Waals surface area contributed by atoms with Crippen LogP contribution in [0.25, 0.3) is 0 Å². The van der Waals surface area contributed by atoms with Gasteiger partial charge in [0.2, 0.25) is 0 Å². The Kier molecular flexibility index (Phi) is 3.70. The van der Waals surface area contributed by atoms with Gasteiger partial charge in [0, 0.05) is 10.0 Å². The second-order valence-electron chi connectivity index (χ2n) is 6.06. The third-order valence-corrected chi connectivity index (χ3v) is 5.23. The first-order valence-electron chi connectivity index (χ1n) is 7.79. The number of benzene rings is 2. The number of hydrogen-bond donors (Lipinski definition) is 0. The fourth-order valence-corrected chi connectivity index (χ4v) is 3.82. The van der Waals surface area contributed by atoms with E-state index >= 15 is 0 Å². The van der Waals surface area contributed by atoms with Crippen LogP contribution in [0.5, 0.6) is 0 Å². The molecule has 0 aromatic heterocycles. The van der Waals surface area contributed by atoms with E-state index in [1.165, 1.54) is 0 Å². The van der Waals surface area contributed by atoms with Gasteiger partial charge >= 0.3 is 0 Å². The Balaban J connectivity index is 1.72. The van der Waals surface area contributed by atoms with Crippen molar-refractivity contribution in [1.82, 2.24) is 5.01 Å². The first-order valence-corrected chi connectivity index (χ1v) is 8.59. The number of hydrogen-bond acceptors (Lipinski definition) is 4. The zero-order valence-corrected chi connectivity index (χ0v) is 14.3. The number of carbonyl (C=O) groups is 1. The van der Waals surface area contributed by atoms with E-state index in [9.17, 15) is 10.1 Å². The van der Waals surface area contributed by atoms with Crippen molar-refractivity contribution in [3.8, 4) is 6.07 Å². The van der Waals surface area contributed by atoms with Crippen LogP contribution >= 0.6 is 15.9 Å². The highest BCUT2D eigenvalue weighted by atomic mass is 79.9. The number of hydrazone groups is 1. The lowest BCUT2D eigenvalue weighted by Crippen LogP contribution is -2.36. The third-order valence-electron chi connectivity index (χ3n) is 4.70. The van der Waals surface area contributed by atoms with Crippen LogP contribution in [0.2, 0.25) is 0 Å². The first kappa shape index (κ1) is 15.1. The molecule has 2 aliphatic heterocycles. The maximum absolute atomic E-state index is 12.9. The van der Waals surface area contributed by atoms with E-state index in [2.05, 4.69) is 27.1 Å². The van der Waals surface area contributed by atoms with Gasteiger partial charge in [0.25, 0.3) is 0 Å². The molecule has 24 heavy (non-hydrogen) atoms. The van der Waals surface area contributed by atoms with Gasteiger partial charge in [-0.2, -0.15) is 10.4 Å². The van der Waals surface area contributed by atoms with Gasteiger partial charge in [-0.15, -0.1) is 0 Å². The fraction of sp³-hybridized carbons (Fsp3) is 0.211. The van der Waals surface area contributed by atoms with Gasteiger partial charge in [-0.25, -0.2) is 0 Å². The summed E-state index contributed by atoms with van der Waals surface area (Å²) in [6, 6.07) is 17.1. The predicted octanol–water partition coefficient (Wildman–Crippen LogP) is 3.93. The van der Waals surface area contributed by atoms with Gasteiger partial charge in [0.15, 0.2) is 5.78 Å². The smallest absolute Gasteiger partial charge is 0.186 e. The second-order valence-corrected chi connectivity index (χ2v) is 6.97. The van der Waals surface area contributed by atoms with Crippen LogP contribution in [-0.2, 0) is 0 Å².